The Bertz CT molecular complexity index is 910. The van der Waals surface area contributed by atoms with Crippen molar-refractivity contribution < 1.29 is 4.52 Å². The summed E-state index contributed by atoms with van der Waals surface area (Å²) in [5.74, 6) is 3.30. The number of likely N-dealkylation sites (N-methyl/N-ethyl adjacent to an activating group) is 1. The van der Waals surface area contributed by atoms with Crippen LogP contribution in [-0.4, -0.2) is 45.1 Å². The SMILES string of the molecule is Cc1nc(NCc2noc(Cc3ccccc3)n2)cc([C@@H]2CCCN(C)C2)n1. The van der Waals surface area contributed by atoms with Crippen LogP contribution in [0.25, 0.3) is 0 Å². The van der Waals surface area contributed by atoms with E-state index in [0.717, 1.165) is 36.0 Å². The number of aromatic nitrogens is 4. The standard InChI is InChI=1S/C21H26N6O/c1-15-23-18(17-9-6-10-27(2)14-17)12-19(24-15)22-13-20-25-21(28-26-20)11-16-7-4-3-5-8-16/h3-5,7-8,12,17H,6,9-11,13-14H2,1-2H3,(H,22,23,24)/t17-/m1/s1. The normalized spacial score (nSPS) is 17.6. The van der Waals surface area contributed by atoms with E-state index in [9.17, 15) is 0 Å². The molecule has 0 radical (unpaired) electrons. The Morgan fingerprint density at radius 3 is 2.86 bits per heavy atom. The third-order valence-electron chi connectivity index (χ3n) is 5.04. The smallest absolute Gasteiger partial charge is 0.231 e. The molecule has 0 unspecified atom stereocenters. The third kappa shape index (κ3) is 4.72. The molecule has 2 aromatic heterocycles. The number of aryl methyl sites for hydroxylation is 1. The van der Waals surface area contributed by atoms with Gasteiger partial charge in [-0.15, -0.1) is 0 Å². The first-order valence-corrected chi connectivity index (χ1v) is 9.79. The van der Waals surface area contributed by atoms with Gasteiger partial charge in [-0.1, -0.05) is 35.5 Å². The molecule has 146 valence electrons. The minimum atomic E-state index is 0.462. The van der Waals surface area contributed by atoms with Crippen LogP contribution >= 0.6 is 0 Å². The highest BCUT2D eigenvalue weighted by Crippen LogP contribution is 2.26. The molecule has 0 saturated carbocycles. The highest BCUT2D eigenvalue weighted by Gasteiger charge is 2.21. The lowest BCUT2D eigenvalue weighted by Gasteiger charge is -2.29. The van der Waals surface area contributed by atoms with Crippen molar-refractivity contribution >= 4 is 5.82 Å². The van der Waals surface area contributed by atoms with E-state index in [4.69, 9.17) is 4.52 Å². The Morgan fingerprint density at radius 1 is 1.18 bits per heavy atom. The second-order valence-electron chi connectivity index (χ2n) is 7.45. The first-order chi connectivity index (χ1) is 13.7. The number of nitrogens with one attached hydrogen (secondary N) is 1. The van der Waals surface area contributed by atoms with Crippen LogP contribution in [0.3, 0.4) is 0 Å². The number of hydrogen-bond donors (Lipinski definition) is 1. The summed E-state index contributed by atoms with van der Waals surface area (Å²) in [5.41, 5.74) is 2.26. The van der Waals surface area contributed by atoms with Gasteiger partial charge in [0.15, 0.2) is 5.82 Å². The van der Waals surface area contributed by atoms with Gasteiger partial charge in [-0.3, -0.25) is 0 Å². The lowest BCUT2D eigenvalue weighted by molar-refractivity contribution is 0.248. The summed E-state index contributed by atoms with van der Waals surface area (Å²) in [5, 5.41) is 7.39. The first-order valence-electron chi connectivity index (χ1n) is 9.79. The number of likely N-dealkylation sites (tertiary alicyclic amines) is 1. The van der Waals surface area contributed by atoms with Crippen molar-refractivity contribution in [2.75, 3.05) is 25.5 Å². The van der Waals surface area contributed by atoms with Gasteiger partial charge in [0.1, 0.15) is 11.6 Å². The first kappa shape index (κ1) is 18.6. The maximum Gasteiger partial charge on any atom is 0.231 e. The van der Waals surface area contributed by atoms with E-state index in [0.29, 0.717) is 30.6 Å². The molecule has 1 aliphatic heterocycles. The van der Waals surface area contributed by atoms with Gasteiger partial charge in [-0.2, -0.15) is 4.98 Å². The Hall–Kier alpha value is -2.80. The van der Waals surface area contributed by atoms with Crippen molar-refractivity contribution in [3.63, 3.8) is 0 Å². The van der Waals surface area contributed by atoms with Gasteiger partial charge in [-0.25, -0.2) is 9.97 Å². The highest BCUT2D eigenvalue weighted by atomic mass is 16.5. The van der Waals surface area contributed by atoms with Gasteiger partial charge < -0.3 is 14.7 Å². The molecule has 7 nitrogen and oxygen atoms in total. The molecule has 0 bridgehead atoms. The number of anilines is 1. The third-order valence-corrected chi connectivity index (χ3v) is 5.04. The predicted octanol–water partition coefficient (Wildman–Crippen LogP) is 3.18. The van der Waals surface area contributed by atoms with E-state index in [-0.39, 0.29) is 0 Å². The monoisotopic (exact) mass is 378 g/mol. The fourth-order valence-corrected chi connectivity index (χ4v) is 3.67. The van der Waals surface area contributed by atoms with Crippen LogP contribution in [-0.2, 0) is 13.0 Å². The minimum Gasteiger partial charge on any atom is -0.363 e. The second kappa shape index (κ2) is 8.48. The summed E-state index contributed by atoms with van der Waals surface area (Å²) in [6, 6.07) is 12.2. The van der Waals surface area contributed by atoms with Crippen molar-refractivity contribution in [2.24, 2.45) is 0 Å². The van der Waals surface area contributed by atoms with Crippen LogP contribution in [0.4, 0.5) is 5.82 Å². The highest BCUT2D eigenvalue weighted by molar-refractivity contribution is 5.37. The van der Waals surface area contributed by atoms with Gasteiger partial charge in [0.2, 0.25) is 5.89 Å². The zero-order valence-corrected chi connectivity index (χ0v) is 16.4. The lowest BCUT2D eigenvalue weighted by atomic mass is 9.95. The van der Waals surface area contributed by atoms with Gasteiger partial charge in [0.05, 0.1) is 18.7 Å². The zero-order chi connectivity index (χ0) is 19.3. The predicted molar refractivity (Wildman–Crippen MR) is 107 cm³/mol. The van der Waals surface area contributed by atoms with Gasteiger partial charge in [0.25, 0.3) is 0 Å². The molecule has 1 N–H and O–H groups in total. The van der Waals surface area contributed by atoms with Crippen LogP contribution < -0.4 is 5.32 Å². The van der Waals surface area contributed by atoms with Crippen LogP contribution in [0.15, 0.2) is 40.9 Å². The van der Waals surface area contributed by atoms with Crippen LogP contribution in [0.5, 0.6) is 0 Å². The summed E-state index contributed by atoms with van der Waals surface area (Å²) in [7, 11) is 2.17. The van der Waals surface area contributed by atoms with Crippen molar-refractivity contribution in [3.8, 4) is 0 Å². The molecule has 7 heteroatoms. The van der Waals surface area contributed by atoms with E-state index >= 15 is 0 Å². The Morgan fingerprint density at radius 2 is 2.04 bits per heavy atom. The summed E-state index contributed by atoms with van der Waals surface area (Å²) in [6.07, 6.45) is 3.02. The van der Waals surface area contributed by atoms with E-state index in [1.54, 1.807) is 0 Å². The van der Waals surface area contributed by atoms with Crippen molar-refractivity contribution in [2.45, 2.75) is 38.6 Å². The molecule has 1 saturated heterocycles. The maximum atomic E-state index is 5.37. The van der Waals surface area contributed by atoms with E-state index in [2.05, 4.69) is 55.6 Å². The fourth-order valence-electron chi connectivity index (χ4n) is 3.67. The largest absolute Gasteiger partial charge is 0.363 e. The molecule has 0 spiro atoms. The Kier molecular flexibility index (Phi) is 5.62. The topological polar surface area (TPSA) is 80.0 Å². The van der Waals surface area contributed by atoms with E-state index in [1.165, 1.54) is 12.8 Å². The second-order valence-corrected chi connectivity index (χ2v) is 7.45. The molecule has 4 rings (SSSR count). The molecule has 3 aromatic rings. The molecule has 1 aromatic carbocycles. The van der Waals surface area contributed by atoms with E-state index in [1.807, 2.05) is 25.1 Å². The van der Waals surface area contributed by atoms with Gasteiger partial charge >= 0.3 is 0 Å². The van der Waals surface area contributed by atoms with E-state index < -0.39 is 0 Å². The molecule has 1 fully saturated rings. The van der Waals surface area contributed by atoms with Crippen molar-refractivity contribution in [1.82, 2.24) is 25.0 Å². The number of piperidine rings is 1. The average Bonchev–Trinajstić information content (AvgIpc) is 3.14. The van der Waals surface area contributed by atoms with Crippen LogP contribution in [0.1, 0.15) is 47.6 Å². The van der Waals surface area contributed by atoms with Crippen molar-refractivity contribution in [3.05, 3.63) is 65.2 Å². The fraction of sp³-hybridized carbons (Fsp3) is 0.429. The van der Waals surface area contributed by atoms with Gasteiger partial charge in [-0.05, 0) is 38.9 Å². The average molecular weight is 378 g/mol. The molecule has 0 aliphatic carbocycles. The number of hydrogen-bond acceptors (Lipinski definition) is 7. The summed E-state index contributed by atoms with van der Waals surface area (Å²) >= 11 is 0. The molecule has 28 heavy (non-hydrogen) atoms. The summed E-state index contributed by atoms with van der Waals surface area (Å²) in [6.45, 7) is 4.62. The maximum absolute atomic E-state index is 5.37. The quantitative estimate of drug-likeness (QED) is 0.705. The Labute approximate surface area is 165 Å². The molecular formula is C21H26N6O. The van der Waals surface area contributed by atoms with Crippen molar-refractivity contribution in [1.29, 1.82) is 0 Å². The Balaban J connectivity index is 1.39. The zero-order valence-electron chi connectivity index (χ0n) is 16.4. The summed E-state index contributed by atoms with van der Waals surface area (Å²) in [4.78, 5) is 16.0. The minimum absolute atomic E-state index is 0.462. The van der Waals surface area contributed by atoms with Crippen LogP contribution in [0.2, 0.25) is 0 Å². The molecule has 1 atom stereocenters. The number of rotatable bonds is 6. The summed E-state index contributed by atoms with van der Waals surface area (Å²) < 4.78 is 5.37. The lowest BCUT2D eigenvalue weighted by Crippen LogP contribution is -2.31. The van der Waals surface area contributed by atoms with Crippen LogP contribution in [0, 0.1) is 6.92 Å². The number of nitrogens with zero attached hydrogens (tertiary/aromatic N) is 5. The molecule has 0 amide bonds. The number of benzene rings is 1. The molecule has 1 aliphatic rings. The molecular weight excluding hydrogens is 352 g/mol. The molecule has 3 heterocycles. The van der Waals surface area contributed by atoms with Gasteiger partial charge in [0, 0.05) is 18.5 Å².